The summed E-state index contributed by atoms with van der Waals surface area (Å²) >= 11 is 1.29. The normalized spacial score (nSPS) is 14.8. The number of hydrogen-bond donors (Lipinski definition) is 1. The van der Waals surface area contributed by atoms with Crippen molar-refractivity contribution in [2.45, 2.75) is 26.4 Å². The minimum Gasteiger partial charge on any atom is -0.340 e. The molecule has 8 heteroatoms. The topological polar surface area (TPSA) is 68.4 Å². The second-order valence-electron chi connectivity index (χ2n) is 11.0. The summed E-state index contributed by atoms with van der Waals surface area (Å²) in [4.78, 5) is 33.3. The number of amides is 1. The quantitative estimate of drug-likeness (QED) is 0.239. The number of aromatic nitrogens is 2. The average Bonchev–Trinajstić information content (AvgIpc) is 3.50. The van der Waals surface area contributed by atoms with Crippen molar-refractivity contribution in [2.75, 3.05) is 5.32 Å². The highest BCUT2D eigenvalue weighted by atomic mass is 32.1. The van der Waals surface area contributed by atoms with Gasteiger partial charge in [-0.1, -0.05) is 90.2 Å². The molecule has 0 aliphatic carbocycles. The summed E-state index contributed by atoms with van der Waals surface area (Å²) < 4.78 is 18.4. The van der Waals surface area contributed by atoms with E-state index in [-0.39, 0.29) is 11.5 Å². The van der Waals surface area contributed by atoms with Gasteiger partial charge >= 0.3 is 0 Å². The highest BCUT2D eigenvalue weighted by molar-refractivity contribution is 7.07. The fourth-order valence-electron chi connectivity index (χ4n) is 6.03. The van der Waals surface area contributed by atoms with E-state index in [1.807, 2.05) is 54.6 Å². The molecule has 222 valence electrons. The summed E-state index contributed by atoms with van der Waals surface area (Å²) in [6, 6.07) is 32.8. The van der Waals surface area contributed by atoms with Crippen LogP contribution >= 0.6 is 11.3 Å². The third kappa shape index (κ3) is 5.23. The highest BCUT2D eigenvalue weighted by Crippen LogP contribution is 2.31. The standard InChI is InChI=1S/C37H29FN4O2S/c1-23-33(35(43)40-28-13-7-4-8-14-28)34(26-17-19-27(38)20-18-26)42-36(44)32(45-37(42)39-23)21-30-24(2)41(22-25-11-5-3-6-12-25)31-16-10-9-15-29(30)31/h3-21,34H,22H2,1-2H3,(H,40,43)/b32-21-/t34-/m0/s1. The first-order chi connectivity index (χ1) is 21.9. The maximum atomic E-state index is 14.3. The van der Waals surface area contributed by atoms with Crippen LogP contribution < -0.4 is 20.2 Å². The van der Waals surface area contributed by atoms with Crippen LogP contribution in [0.2, 0.25) is 0 Å². The van der Waals surface area contributed by atoms with Gasteiger partial charge in [0.15, 0.2) is 4.80 Å². The van der Waals surface area contributed by atoms with Gasteiger partial charge in [-0.25, -0.2) is 9.38 Å². The molecule has 4 aromatic carbocycles. The van der Waals surface area contributed by atoms with E-state index in [2.05, 4.69) is 41.1 Å². The van der Waals surface area contributed by atoms with Crippen molar-refractivity contribution in [1.82, 2.24) is 9.13 Å². The van der Waals surface area contributed by atoms with Crippen LogP contribution in [0.3, 0.4) is 0 Å². The number of para-hydroxylation sites is 2. The summed E-state index contributed by atoms with van der Waals surface area (Å²) in [5, 5.41) is 3.99. The number of rotatable bonds is 6. The lowest BCUT2D eigenvalue weighted by Gasteiger charge is -2.25. The number of fused-ring (bicyclic) bond motifs is 2. The first-order valence-corrected chi connectivity index (χ1v) is 15.5. The Morgan fingerprint density at radius 3 is 2.31 bits per heavy atom. The number of halogens is 1. The molecule has 1 aliphatic rings. The van der Waals surface area contributed by atoms with Gasteiger partial charge in [0.1, 0.15) is 5.82 Å². The van der Waals surface area contributed by atoms with Crippen molar-refractivity contribution in [3.05, 3.63) is 168 Å². The van der Waals surface area contributed by atoms with Gasteiger partial charge in [-0.05, 0) is 61.4 Å². The van der Waals surface area contributed by atoms with Crippen molar-refractivity contribution in [2.24, 2.45) is 4.99 Å². The van der Waals surface area contributed by atoms with E-state index < -0.39 is 11.9 Å². The fourth-order valence-corrected chi connectivity index (χ4v) is 7.06. The summed E-state index contributed by atoms with van der Waals surface area (Å²) in [5.74, 6) is -0.768. The van der Waals surface area contributed by atoms with E-state index in [1.54, 1.807) is 35.8 Å². The van der Waals surface area contributed by atoms with Gasteiger partial charge < -0.3 is 9.88 Å². The van der Waals surface area contributed by atoms with E-state index in [0.29, 0.717) is 38.4 Å². The molecule has 1 amide bonds. The average molecular weight is 613 g/mol. The zero-order valence-corrected chi connectivity index (χ0v) is 25.5. The van der Waals surface area contributed by atoms with E-state index in [0.717, 1.165) is 22.2 Å². The second kappa shape index (κ2) is 11.6. The Morgan fingerprint density at radius 2 is 1.58 bits per heavy atom. The number of thiazole rings is 1. The third-order valence-corrected chi connectivity index (χ3v) is 9.21. The molecule has 7 rings (SSSR count). The third-order valence-electron chi connectivity index (χ3n) is 8.22. The molecule has 0 spiro atoms. The van der Waals surface area contributed by atoms with Crippen LogP contribution in [0.4, 0.5) is 10.1 Å². The van der Waals surface area contributed by atoms with Gasteiger partial charge in [0.25, 0.3) is 11.5 Å². The summed E-state index contributed by atoms with van der Waals surface area (Å²) in [7, 11) is 0. The van der Waals surface area contributed by atoms with Crippen molar-refractivity contribution in [3.63, 3.8) is 0 Å². The van der Waals surface area contributed by atoms with E-state index in [4.69, 9.17) is 4.99 Å². The molecule has 1 N–H and O–H groups in total. The number of hydrogen-bond acceptors (Lipinski definition) is 4. The zero-order valence-electron chi connectivity index (χ0n) is 24.7. The van der Waals surface area contributed by atoms with Crippen LogP contribution in [-0.4, -0.2) is 15.0 Å². The Kier molecular flexibility index (Phi) is 7.35. The Morgan fingerprint density at radius 1 is 0.911 bits per heavy atom. The first kappa shape index (κ1) is 28.4. The molecule has 0 saturated heterocycles. The summed E-state index contributed by atoms with van der Waals surface area (Å²) in [6.07, 6.45) is 1.94. The molecule has 0 saturated carbocycles. The Bertz CT molecular complexity index is 2280. The van der Waals surface area contributed by atoms with Gasteiger partial charge in [0, 0.05) is 34.4 Å². The number of carbonyl (C=O) groups excluding carboxylic acids is 1. The van der Waals surface area contributed by atoms with Gasteiger partial charge in [-0.15, -0.1) is 0 Å². The van der Waals surface area contributed by atoms with Gasteiger partial charge in [-0.3, -0.25) is 14.2 Å². The van der Waals surface area contributed by atoms with Crippen LogP contribution in [0.15, 0.2) is 130 Å². The summed E-state index contributed by atoms with van der Waals surface area (Å²) in [6.45, 7) is 4.55. The molecule has 6 aromatic rings. The molecule has 0 fully saturated rings. The molecule has 3 heterocycles. The Hall–Kier alpha value is -5.34. The van der Waals surface area contributed by atoms with Gasteiger partial charge in [0.2, 0.25) is 0 Å². The predicted octanol–water partition coefficient (Wildman–Crippen LogP) is 6.32. The van der Waals surface area contributed by atoms with Crippen LogP contribution in [0.25, 0.3) is 17.0 Å². The van der Waals surface area contributed by atoms with Crippen LogP contribution in [0, 0.1) is 12.7 Å². The molecular formula is C37H29FN4O2S. The van der Waals surface area contributed by atoms with E-state index in [9.17, 15) is 14.0 Å². The molecule has 2 aromatic heterocycles. The van der Waals surface area contributed by atoms with Gasteiger partial charge in [0.05, 0.1) is 21.8 Å². The molecule has 6 nitrogen and oxygen atoms in total. The van der Waals surface area contributed by atoms with Gasteiger partial charge in [-0.2, -0.15) is 0 Å². The Labute approximate surface area is 262 Å². The number of nitrogens with one attached hydrogen (secondary N) is 1. The number of anilines is 1. The monoisotopic (exact) mass is 612 g/mol. The second-order valence-corrected chi connectivity index (χ2v) is 12.1. The van der Waals surface area contributed by atoms with E-state index in [1.165, 1.54) is 29.0 Å². The largest absolute Gasteiger partial charge is 0.340 e. The van der Waals surface area contributed by atoms with Crippen LogP contribution in [-0.2, 0) is 11.3 Å². The molecule has 0 unspecified atom stereocenters. The lowest BCUT2D eigenvalue weighted by molar-refractivity contribution is -0.113. The summed E-state index contributed by atoms with van der Waals surface area (Å²) in [5.41, 5.74) is 6.09. The minimum atomic E-state index is -0.784. The number of nitrogens with zero attached hydrogens (tertiary/aromatic N) is 3. The van der Waals surface area contributed by atoms with E-state index >= 15 is 0 Å². The number of allylic oxidation sites excluding steroid dienone is 1. The SMILES string of the molecule is CC1=C(C(=O)Nc2ccccc2)[C@H](c2ccc(F)cc2)n2c(s/c(=C\c3c(C)n(Cc4ccccc4)c4ccccc34)c2=O)=N1. The Balaban J connectivity index is 1.39. The number of carbonyl (C=O) groups is 1. The predicted molar refractivity (Wildman–Crippen MR) is 177 cm³/mol. The minimum absolute atomic E-state index is 0.259. The maximum absolute atomic E-state index is 14.3. The molecule has 1 atom stereocenters. The zero-order chi connectivity index (χ0) is 31.1. The highest BCUT2D eigenvalue weighted by Gasteiger charge is 2.32. The molecule has 1 aliphatic heterocycles. The lowest BCUT2D eigenvalue weighted by atomic mass is 9.95. The van der Waals surface area contributed by atoms with Crippen molar-refractivity contribution < 1.29 is 9.18 Å². The lowest BCUT2D eigenvalue weighted by Crippen LogP contribution is -2.40. The van der Waals surface area contributed by atoms with Crippen molar-refractivity contribution in [3.8, 4) is 0 Å². The van der Waals surface area contributed by atoms with Crippen molar-refractivity contribution >= 4 is 39.9 Å². The molecular weight excluding hydrogens is 583 g/mol. The van der Waals surface area contributed by atoms with Crippen molar-refractivity contribution in [1.29, 1.82) is 0 Å². The molecule has 0 bridgehead atoms. The smallest absolute Gasteiger partial charge is 0.271 e. The molecule has 0 radical (unpaired) electrons. The number of benzene rings is 4. The van der Waals surface area contributed by atoms with Crippen LogP contribution in [0.1, 0.15) is 35.3 Å². The maximum Gasteiger partial charge on any atom is 0.271 e. The molecule has 45 heavy (non-hydrogen) atoms. The fraction of sp³-hybridized carbons (Fsp3) is 0.108. The first-order valence-electron chi connectivity index (χ1n) is 14.6. The van der Waals surface area contributed by atoms with Crippen LogP contribution in [0.5, 0.6) is 0 Å².